The van der Waals surface area contributed by atoms with E-state index in [0.717, 1.165) is 0 Å². The monoisotopic (exact) mass is 220 g/mol. The van der Waals surface area contributed by atoms with Gasteiger partial charge >= 0.3 is 6.09 Å². The second-order valence-electron chi connectivity index (χ2n) is 4.67. The maximum absolute atomic E-state index is 12.1. The molecule has 1 saturated heterocycles. The van der Waals surface area contributed by atoms with E-state index in [1.165, 1.54) is 4.90 Å². The maximum Gasteiger partial charge on any atom is 0.411 e. The molecule has 0 aromatic rings. The van der Waals surface area contributed by atoms with Gasteiger partial charge in [-0.05, 0) is 47.6 Å². The summed E-state index contributed by atoms with van der Waals surface area (Å²) in [6.45, 7) is -0.271. The molecule has 0 N–H and O–H groups in total. The van der Waals surface area contributed by atoms with Crippen LogP contribution in [-0.2, 0) is 4.74 Å². The fraction of sp³-hybridized carbons (Fsp3) is 0.909. The lowest BCUT2D eigenvalue weighted by atomic mass is 10.2. The van der Waals surface area contributed by atoms with E-state index in [1.807, 2.05) is 0 Å². The number of carbonyl (C=O) groups is 1. The van der Waals surface area contributed by atoms with Crippen LogP contribution in [0.3, 0.4) is 0 Å². The number of ether oxygens (including phenoxy) is 1. The fourth-order valence-electron chi connectivity index (χ4n) is 1.55. The third-order valence-corrected chi connectivity index (χ3v) is 2.15. The van der Waals surface area contributed by atoms with E-state index in [1.54, 1.807) is 20.8 Å². The van der Waals surface area contributed by atoms with E-state index in [-0.39, 0.29) is 13.0 Å². The molecule has 1 amide bonds. The lowest BCUT2D eigenvalue weighted by molar-refractivity contribution is 0.00855. The Labute approximate surface area is 101 Å². The Kier molecular flexibility index (Phi) is 1.78. The van der Waals surface area contributed by atoms with Crippen molar-refractivity contribution < 1.29 is 17.8 Å². The van der Waals surface area contributed by atoms with Gasteiger partial charge in [0, 0.05) is 14.8 Å². The Morgan fingerprint density at radius 2 is 2.20 bits per heavy atom. The SMILES string of the molecule is [2H]C([2H])([2H])N(C1CCCN1C(=O)OC(C)(C)C)C([2H])([2H])[2H]. The van der Waals surface area contributed by atoms with E-state index in [0.29, 0.717) is 11.3 Å². The van der Waals surface area contributed by atoms with Crippen molar-refractivity contribution in [3.05, 3.63) is 0 Å². The molecule has 88 valence electrons. The fourth-order valence-corrected chi connectivity index (χ4v) is 1.55. The highest BCUT2D eigenvalue weighted by Crippen LogP contribution is 2.21. The standard InChI is InChI=1S/C11H22N2O2/c1-11(2,3)15-10(14)13-8-6-7-9(13)12(4)5/h9H,6-8H2,1-5H3/i4D3,5D3. The van der Waals surface area contributed by atoms with Crippen molar-refractivity contribution in [1.82, 2.24) is 9.80 Å². The molecule has 15 heavy (non-hydrogen) atoms. The molecular weight excluding hydrogens is 192 g/mol. The molecule has 0 aromatic carbocycles. The first kappa shape index (κ1) is 6.09. The van der Waals surface area contributed by atoms with E-state index >= 15 is 0 Å². The van der Waals surface area contributed by atoms with Gasteiger partial charge in [0.2, 0.25) is 0 Å². The van der Waals surface area contributed by atoms with Gasteiger partial charge in [-0.15, -0.1) is 0 Å². The third kappa shape index (κ3) is 3.38. The van der Waals surface area contributed by atoms with Crippen LogP contribution in [0.2, 0.25) is 0 Å². The van der Waals surface area contributed by atoms with Gasteiger partial charge in [0.05, 0.1) is 6.17 Å². The first-order valence-corrected chi connectivity index (χ1v) is 5.02. The summed E-state index contributed by atoms with van der Waals surface area (Å²) in [6, 6.07) is 0. The van der Waals surface area contributed by atoms with Crippen LogP contribution in [0.15, 0.2) is 0 Å². The summed E-state index contributed by atoms with van der Waals surface area (Å²) < 4.78 is 49.9. The van der Waals surface area contributed by atoms with Crippen LogP contribution in [0.4, 0.5) is 4.79 Å². The molecule has 4 heteroatoms. The van der Waals surface area contributed by atoms with Crippen LogP contribution < -0.4 is 0 Å². The smallest absolute Gasteiger partial charge is 0.411 e. The van der Waals surface area contributed by atoms with Crippen molar-refractivity contribution in [3.8, 4) is 0 Å². The minimum absolute atomic E-state index is 0.280. The first-order chi connectivity index (χ1) is 9.23. The summed E-state index contributed by atoms with van der Waals surface area (Å²) in [7, 11) is 0. The van der Waals surface area contributed by atoms with Crippen molar-refractivity contribution >= 4 is 6.09 Å². The largest absolute Gasteiger partial charge is 0.444 e. The van der Waals surface area contributed by atoms with Crippen LogP contribution in [0.5, 0.6) is 0 Å². The predicted molar refractivity (Wildman–Crippen MR) is 59.6 cm³/mol. The molecule has 0 aliphatic carbocycles. The van der Waals surface area contributed by atoms with Crippen LogP contribution in [-0.4, -0.2) is 48.2 Å². The lowest BCUT2D eigenvalue weighted by Gasteiger charge is -2.31. The highest BCUT2D eigenvalue weighted by atomic mass is 16.6. The second-order valence-corrected chi connectivity index (χ2v) is 4.67. The van der Waals surface area contributed by atoms with E-state index in [4.69, 9.17) is 13.0 Å². The summed E-state index contributed by atoms with van der Waals surface area (Å²) in [5.41, 5.74) is -0.727. The van der Waals surface area contributed by atoms with Crippen LogP contribution >= 0.6 is 0 Å². The van der Waals surface area contributed by atoms with Crippen molar-refractivity contribution in [3.63, 3.8) is 0 Å². The van der Waals surface area contributed by atoms with Crippen molar-refractivity contribution in [1.29, 1.82) is 0 Å². The molecule has 1 fully saturated rings. The topological polar surface area (TPSA) is 32.8 Å². The number of hydrogen-bond acceptors (Lipinski definition) is 3. The molecule has 0 spiro atoms. The number of amides is 1. The Bertz CT molecular complexity index is 374. The highest BCUT2D eigenvalue weighted by molar-refractivity contribution is 5.68. The van der Waals surface area contributed by atoms with Crippen molar-refractivity contribution in [2.24, 2.45) is 0 Å². The van der Waals surface area contributed by atoms with Crippen molar-refractivity contribution in [2.75, 3.05) is 20.5 Å². The minimum Gasteiger partial charge on any atom is -0.444 e. The average molecular weight is 220 g/mol. The van der Waals surface area contributed by atoms with Crippen LogP contribution in [0.25, 0.3) is 0 Å². The number of rotatable bonds is 1. The van der Waals surface area contributed by atoms with Gasteiger partial charge in [0.15, 0.2) is 0 Å². The van der Waals surface area contributed by atoms with E-state index in [2.05, 4.69) is 0 Å². The lowest BCUT2D eigenvalue weighted by Crippen LogP contribution is -2.45. The zero-order chi connectivity index (χ0) is 16.6. The highest BCUT2D eigenvalue weighted by Gasteiger charge is 2.33. The minimum atomic E-state index is -2.82. The summed E-state index contributed by atoms with van der Waals surface area (Å²) in [6.07, 6.45) is -0.883. The van der Waals surface area contributed by atoms with Gasteiger partial charge in [-0.2, -0.15) is 0 Å². The molecular formula is C11H22N2O2. The molecule has 1 aliphatic heterocycles. The molecule has 1 unspecified atom stereocenters. The number of hydrogen-bond donors (Lipinski definition) is 0. The Balaban J connectivity index is 3.01. The van der Waals surface area contributed by atoms with Gasteiger partial charge in [0.25, 0.3) is 0 Å². The van der Waals surface area contributed by atoms with E-state index < -0.39 is 31.8 Å². The second kappa shape index (κ2) is 4.39. The molecule has 1 rings (SSSR count). The van der Waals surface area contributed by atoms with Crippen LogP contribution in [0, 0.1) is 0 Å². The van der Waals surface area contributed by atoms with Gasteiger partial charge in [-0.3, -0.25) is 9.80 Å². The number of likely N-dealkylation sites (tertiary alicyclic amines) is 1. The average Bonchev–Trinajstić information content (AvgIpc) is 2.58. The van der Waals surface area contributed by atoms with Gasteiger partial charge < -0.3 is 4.74 Å². The molecule has 0 radical (unpaired) electrons. The molecule has 0 bridgehead atoms. The Hall–Kier alpha value is -0.770. The zero-order valence-electron chi connectivity index (χ0n) is 15.4. The maximum atomic E-state index is 12.1. The van der Waals surface area contributed by atoms with Crippen LogP contribution in [0.1, 0.15) is 41.8 Å². The molecule has 1 heterocycles. The molecule has 4 nitrogen and oxygen atoms in total. The summed E-state index contributed by atoms with van der Waals surface area (Å²) >= 11 is 0. The summed E-state index contributed by atoms with van der Waals surface area (Å²) in [5.74, 6) is 0. The van der Waals surface area contributed by atoms with Gasteiger partial charge in [-0.25, -0.2) is 4.79 Å². The quantitative estimate of drug-likeness (QED) is 0.676. The first-order valence-electron chi connectivity index (χ1n) is 8.02. The predicted octanol–water partition coefficient (Wildman–Crippen LogP) is 1.91. The van der Waals surface area contributed by atoms with E-state index in [9.17, 15) is 4.79 Å². The van der Waals surface area contributed by atoms with Crippen molar-refractivity contribution in [2.45, 2.75) is 45.4 Å². The molecule has 0 saturated carbocycles. The zero-order valence-corrected chi connectivity index (χ0v) is 9.41. The summed E-state index contributed by atoms with van der Waals surface area (Å²) in [4.78, 5) is 13.8. The number of nitrogens with zero attached hydrogens (tertiary/aromatic N) is 2. The molecule has 0 aromatic heterocycles. The normalized spacial score (nSPS) is 29.9. The molecule has 1 aliphatic rings. The van der Waals surface area contributed by atoms with Gasteiger partial charge in [0.1, 0.15) is 5.60 Å². The number of carbonyl (C=O) groups excluding carboxylic acids is 1. The summed E-state index contributed by atoms with van der Waals surface area (Å²) in [5, 5.41) is 0. The molecule has 1 atom stereocenters. The Morgan fingerprint density at radius 3 is 2.73 bits per heavy atom. The third-order valence-electron chi connectivity index (χ3n) is 2.15. The van der Waals surface area contributed by atoms with Gasteiger partial charge in [-0.1, -0.05) is 0 Å². The Morgan fingerprint density at radius 1 is 1.53 bits per heavy atom.